The number of nitrogens with zero attached hydrogens (tertiary/aromatic N) is 1. The number of hydrogen-bond donors (Lipinski definition) is 3. The van der Waals surface area contributed by atoms with E-state index in [1.807, 2.05) is 27.2 Å². The van der Waals surface area contributed by atoms with Gasteiger partial charge in [0.1, 0.15) is 13.2 Å². The molecule has 3 unspecified atom stereocenters. The van der Waals surface area contributed by atoms with Crippen LogP contribution in [-0.2, 0) is 18.4 Å². The van der Waals surface area contributed by atoms with Gasteiger partial charge in [-0.05, 0) is 83.5 Å². The number of nitrogens with one attached hydrogen (secondary N) is 1. The second-order valence-electron chi connectivity index (χ2n) is 23.1. The highest BCUT2D eigenvalue weighted by atomic mass is 31.2. The SMILES string of the molecule is CC/C=C\C/C=C\C/C=C\C/C=C\C/C=C\C/C=C\C/C=C\C/C=C\CCCCCCCCCCC(=O)NC(COP(=O)(O)OCC[N+](C)(C)C)C(O)/C=C/CCCCCCCCCCCCCCCCCCCCCCCC. The van der Waals surface area contributed by atoms with Crippen molar-refractivity contribution in [2.45, 2.75) is 289 Å². The normalized spacial score (nSPS) is 14.5. The van der Waals surface area contributed by atoms with Crippen molar-refractivity contribution >= 4 is 13.7 Å². The van der Waals surface area contributed by atoms with Crippen LogP contribution in [0.15, 0.2) is 109 Å². The maximum atomic E-state index is 13.0. The number of likely N-dealkylation sites (N-methyl/N-ethyl adjacent to an activating group) is 1. The van der Waals surface area contributed by atoms with Crippen LogP contribution in [0, 0.1) is 0 Å². The van der Waals surface area contributed by atoms with Crippen molar-refractivity contribution in [1.29, 1.82) is 0 Å². The van der Waals surface area contributed by atoms with Crippen LogP contribution < -0.4 is 5.32 Å². The van der Waals surface area contributed by atoms with Crippen LogP contribution in [0.2, 0.25) is 0 Å². The van der Waals surface area contributed by atoms with Crippen molar-refractivity contribution in [2.75, 3.05) is 40.9 Å². The van der Waals surface area contributed by atoms with Gasteiger partial charge in [-0.15, -0.1) is 0 Å². The summed E-state index contributed by atoms with van der Waals surface area (Å²) >= 11 is 0. The molecule has 3 atom stereocenters. The molecule has 8 nitrogen and oxygen atoms in total. The molecule has 0 aromatic heterocycles. The van der Waals surface area contributed by atoms with Crippen molar-refractivity contribution < 1.29 is 32.9 Å². The summed E-state index contributed by atoms with van der Waals surface area (Å²) in [6.07, 6.45) is 87.8. The van der Waals surface area contributed by atoms with Crippen LogP contribution in [0.1, 0.15) is 277 Å². The third-order valence-electron chi connectivity index (χ3n) is 14.2. The second kappa shape index (κ2) is 59.8. The zero-order valence-electron chi connectivity index (χ0n) is 52.1. The zero-order chi connectivity index (χ0) is 57.7. The second-order valence-corrected chi connectivity index (χ2v) is 24.6. The lowest BCUT2D eigenvalue weighted by Gasteiger charge is -2.25. The first-order chi connectivity index (χ1) is 38.5. The average Bonchev–Trinajstić information content (AvgIpc) is 3.42. The first kappa shape index (κ1) is 76.2. The summed E-state index contributed by atoms with van der Waals surface area (Å²) in [5, 5.41) is 14.0. The molecule has 1 amide bonds. The van der Waals surface area contributed by atoms with E-state index in [0.29, 0.717) is 17.4 Å². The highest BCUT2D eigenvalue weighted by molar-refractivity contribution is 7.47. The molecule has 0 bridgehead atoms. The number of aliphatic hydroxyl groups excluding tert-OH is 1. The van der Waals surface area contributed by atoms with Gasteiger partial charge in [-0.25, -0.2) is 4.57 Å². The number of phosphoric acid groups is 1. The summed E-state index contributed by atoms with van der Waals surface area (Å²) in [6.45, 7) is 4.71. The molecule has 79 heavy (non-hydrogen) atoms. The third-order valence-corrected chi connectivity index (χ3v) is 15.2. The van der Waals surface area contributed by atoms with E-state index < -0.39 is 20.0 Å². The van der Waals surface area contributed by atoms with Crippen LogP contribution in [-0.4, -0.2) is 73.4 Å². The first-order valence-electron chi connectivity index (χ1n) is 32.8. The van der Waals surface area contributed by atoms with Gasteiger partial charge in [-0.3, -0.25) is 13.8 Å². The average molecular weight is 1120 g/mol. The number of rotatable bonds is 59. The van der Waals surface area contributed by atoms with Crippen molar-refractivity contribution in [2.24, 2.45) is 0 Å². The van der Waals surface area contributed by atoms with Crippen molar-refractivity contribution in [1.82, 2.24) is 5.32 Å². The predicted octanol–water partition coefficient (Wildman–Crippen LogP) is 20.7. The fourth-order valence-corrected chi connectivity index (χ4v) is 9.91. The van der Waals surface area contributed by atoms with Gasteiger partial charge in [-0.2, -0.15) is 0 Å². The Bertz CT molecular complexity index is 1650. The summed E-state index contributed by atoms with van der Waals surface area (Å²) in [6, 6.07) is -0.860. The first-order valence-corrected chi connectivity index (χ1v) is 34.3. The summed E-state index contributed by atoms with van der Waals surface area (Å²) in [5.74, 6) is -0.187. The Morgan fingerprint density at radius 2 is 0.759 bits per heavy atom. The molecule has 3 N–H and O–H groups in total. The number of carbonyl (C=O) groups is 1. The topological polar surface area (TPSA) is 105 Å². The molecule has 456 valence electrons. The molecule has 0 fully saturated rings. The van der Waals surface area contributed by atoms with Gasteiger partial charge in [0.25, 0.3) is 0 Å². The lowest BCUT2D eigenvalue weighted by atomic mass is 10.0. The quantitative estimate of drug-likeness (QED) is 0.0243. The van der Waals surface area contributed by atoms with E-state index >= 15 is 0 Å². The summed E-state index contributed by atoms with van der Waals surface area (Å²) < 4.78 is 23.8. The number of aliphatic hydroxyl groups is 1. The molecule has 0 radical (unpaired) electrons. The smallest absolute Gasteiger partial charge is 0.387 e. The van der Waals surface area contributed by atoms with Gasteiger partial charge in [0, 0.05) is 6.42 Å². The van der Waals surface area contributed by atoms with E-state index in [2.05, 4.69) is 116 Å². The molecule has 0 aliphatic carbocycles. The van der Waals surface area contributed by atoms with E-state index in [9.17, 15) is 19.4 Å². The maximum absolute atomic E-state index is 13.0. The van der Waals surface area contributed by atoms with E-state index in [1.165, 1.54) is 161 Å². The predicted molar refractivity (Wildman–Crippen MR) is 345 cm³/mol. The molecule has 0 heterocycles. The number of amides is 1. The van der Waals surface area contributed by atoms with Crippen molar-refractivity contribution in [3.05, 3.63) is 109 Å². The molecule has 9 heteroatoms. The van der Waals surface area contributed by atoms with Crippen molar-refractivity contribution in [3.8, 4) is 0 Å². The molecular formula is C70H126N2O6P+. The Hall–Kier alpha value is -2.84. The minimum absolute atomic E-state index is 0.0549. The number of allylic oxidation sites excluding steroid dienone is 17. The van der Waals surface area contributed by atoms with Crippen molar-refractivity contribution in [3.63, 3.8) is 0 Å². The van der Waals surface area contributed by atoms with Crippen LogP contribution >= 0.6 is 7.82 Å². The molecular weight excluding hydrogens is 996 g/mol. The van der Waals surface area contributed by atoms with Crippen LogP contribution in [0.3, 0.4) is 0 Å². The van der Waals surface area contributed by atoms with Gasteiger partial charge < -0.3 is 19.8 Å². The number of quaternary nitrogens is 1. The van der Waals surface area contributed by atoms with Gasteiger partial charge in [0.05, 0.1) is 39.9 Å². The highest BCUT2D eigenvalue weighted by Gasteiger charge is 2.27. The largest absolute Gasteiger partial charge is 0.472 e. The van der Waals surface area contributed by atoms with Crippen LogP contribution in [0.25, 0.3) is 0 Å². The molecule has 0 saturated heterocycles. The monoisotopic (exact) mass is 1120 g/mol. The number of carbonyl (C=O) groups excluding carboxylic acids is 1. The van der Waals surface area contributed by atoms with Crippen LogP contribution in [0.4, 0.5) is 0 Å². The Balaban J connectivity index is 4.19. The van der Waals surface area contributed by atoms with Crippen LogP contribution in [0.5, 0.6) is 0 Å². The zero-order valence-corrected chi connectivity index (χ0v) is 53.0. The number of phosphoric ester groups is 1. The number of hydrogen-bond acceptors (Lipinski definition) is 5. The number of unbranched alkanes of at least 4 members (excludes halogenated alkanes) is 30. The summed E-state index contributed by atoms with van der Waals surface area (Å²) in [7, 11) is 1.56. The minimum atomic E-state index is -4.36. The highest BCUT2D eigenvalue weighted by Crippen LogP contribution is 2.43. The van der Waals surface area contributed by atoms with E-state index in [1.54, 1.807) is 6.08 Å². The molecule has 0 spiro atoms. The molecule has 0 rings (SSSR count). The Labute approximate surface area is 489 Å². The standard InChI is InChI=1S/C70H125N2O6P/c1-6-8-10-12-14-16-18-20-22-24-26-28-30-32-33-34-35-36-37-38-39-40-42-44-46-48-50-52-54-56-58-60-62-64-70(74)71-68(67-78-79(75,76)77-66-65-72(3,4)5)69(73)63-61-59-57-55-53-51-49-47-45-43-41-31-29-27-25-23-21-19-17-15-13-11-9-7-2/h8,10,14,16,20,22,26,28,32-33,35-36,38-39,42,44,61,63,68-69,73H,6-7,9,11-13,15,17-19,21,23-25,27,29-31,34,37,40-41,43,45-60,62,64-67H2,1-5H3,(H-,71,74,75,76)/p+1/b10-8-,16-14-,22-20-,28-26-,33-32-,36-35-,39-38-,44-42-,63-61+. The van der Waals surface area contributed by atoms with Gasteiger partial charge in [-0.1, -0.05) is 297 Å². The molecule has 0 aliphatic rings. The lowest BCUT2D eigenvalue weighted by Crippen LogP contribution is -2.45. The van der Waals surface area contributed by atoms with Gasteiger partial charge in [0.2, 0.25) is 5.91 Å². The summed E-state index contributed by atoms with van der Waals surface area (Å²) in [4.78, 5) is 23.4. The molecule has 0 aromatic carbocycles. The van der Waals surface area contributed by atoms with E-state index in [4.69, 9.17) is 9.05 Å². The van der Waals surface area contributed by atoms with E-state index in [-0.39, 0.29) is 19.1 Å². The molecule has 0 aliphatic heterocycles. The fraction of sp³-hybridized carbons (Fsp3) is 0.729. The molecule has 0 saturated carbocycles. The van der Waals surface area contributed by atoms with E-state index in [0.717, 1.165) is 96.3 Å². The maximum Gasteiger partial charge on any atom is 0.472 e. The molecule has 0 aromatic rings. The Morgan fingerprint density at radius 3 is 1.11 bits per heavy atom. The fourth-order valence-electron chi connectivity index (χ4n) is 9.18. The van der Waals surface area contributed by atoms with Gasteiger partial charge >= 0.3 is 7.82 Å². The Kier molecular flexibility index (Phi) is 57.6. The van der Waals surface area contributed by atoms with Gasteiger partial charge in [0.15, 0.2) is 0 Å². The summed E-state index contributed by atoms with van der Waals surface area (Å²) in [5.41, 5.74) is 0. The third kappa shape index (κ3) is 62.6. The minimum Gasteiger partial charge on any atom is -0.387 e. The lowest BCUT2D eigenvalue weighted by molar-refractivity contribution is -0.870. The Morgan fingerprint density at radius 1 is 0.443 bits per heavy atom.